The van der Waals surface area contributed by atoms with Gasteiger partial charge in [0.05, 0.1) is 18.8 Å². The number of ketones is 2. The number of hydrogen-bond acceptors (Lipinski definition) is 7. The van der Waals surface area contributed by atoms with Crippen LogP contribution in [0.2, 0.25) is 0 Å². The van der Waals surface area contributed by atoms with Crippen LogP contribution in [0.25, 0.3) is 0 Å². The first kappa shape index (κ1) is 27.7. The van der Waals surface area contributed by atoms with Crippen LogP contribution >= 0.6 is 0 Å². The molecule has 4 aliphatic carbocycles. The lowest BCUT2D eigenvalue weighted by molar-refractivity contribution is -0.224. The molecule has 0 bridgehead atoms. The Morgan fingerprint density at radius 1 is 1.18 bits per heavy atom. The largest absolute Gasteiger partial charge is 0.393 e. The first-order valence-electron chi connectivity index (χ1n) is 14.5. The zero-order chi connectivity index (χ0) is 28.0. The maximum Gasteiger partial charge on any atom is 0.279 e. The third-order valence-electron chi connectivity index (χ3n) is 11.0. The predicted molar refractivity (Wildman–Crippen MR) is 144 cm³/mol. The van der Waals surface area contributed by atoms with Crippen LogP contribution in [0.3, 0.4) is 0 Å². The van der Waals surface area contributed by atoms with Crippen molar-refractivity contribution in [3.63, 3.8) is 0 Å². The minimum atomic E-state index is -3.80. The smallest absolute Gasteiger partial charge is 0.279 e. The summed E-state index contributed by atoms with van der Waals surface area (Å²) in [6.45, 7) is 8.27. The molecular formula is C29H42N2O7S. The molecule has 5 fully saturated rings. The van der Waals surface area contributed by atoms with Crippen LogP contribution in [-0.4, -0.2) is 72.6 Å². The molecule has 0 aromatic heterocycles. The molecule has 2 saturated heterocycles. The van der Waals surface area contributed by atoms with Crippen molar-refractivity contribution in [3.05, 3.63) is 23.8 Å². The summed E-state index contributed by atoms with van der Waals surface area (Å²) < 4.78 is 43.0. The van der Waals surface area contributed by atoms with E-state index in [1.165, 1.54) is 4.31 Å². The lowest BCUT2D eigenvalue weighted by Gasteiger charge is -2.60. The summed E-state index contributed by atoms with van der Waals surface area (Å²) in [5, 5.41) is 11.8. The average molecular weight is 563 g/mol. The second kappa shape index (κ2) is 9.03. The minimum absolute atomic E-state index is 0.00736. The summed E-state index contributed by atoms with van der Waals surface area (Å²) >= 11 is 0. The van der Waals surface area contributed by atoms with E-state index in [1.54, 1.807) is 26.0 Å². The summed E-state index contributed by atoms with van der Waals surface area (Å²) in [5.41, 5.74) is -1.46. The van der Waals surface area contributed by atoms with Gasteiger partial charge in [-0.25, -0.2) is 0 Å². The van der Waals surface area contributed by atoms with Crippen molar-refractivity contribution in [1.82, 2.24) is 9.03 Å². The monoisotopic (exact) mass is 562 g/mol. The normalized spacial score (nSPS) is 45.2. The molecule has 3 saturated carbocycles. The molecule has 9 nitrogen and oxygen atoms in total. The Kier molecular flexibility index (Phi) is 6.42. The van der Waals surface area contributed by atoms with E-state index in [0.29, 0.717) is 25.9 Å². The van der Waals surface area contributed by atoms with Gasteiger partial charge in [0.15, 0.2) is 23.0 Å². The summed E-state index contributed by atoms with van der Waals surface area (Å²) in [6.07, 6.45) is 9.21. The highest BCUT2D eigenvalue weighted by Crippen LogP contribution is 2.70. The molecule has 6 unspecified atom stereocenters. The third kappa shape index (κ3) is 4.00. The van der Waals surface area contributed by atoms with Crippen LogP contribution < -0.4 is 4.72 Å². The molecular weight excluding hydrogens is 520 g/mol. The topological polar surface area (TPSA) is 122 Å². The summed E-state index contributed by atoms with van der Waals surface area (Å²) in [6, 6.07) is 0. The second-order valence-electron chi connectivity index (χ2n) is 13.5. The Bertz CT molecular complexity index is 1240. The fraction of sp³-hybridized carbons (Fsp3) is 0.793. The molecule has 0 radical (unpaired) electrons. The number of ether oxygens (including phenoxy) is 2. The van der Waals surface area contributed by atoms with Crippen LogP contribution in [0.5, 0.6) is 0 Å². The van der Waals surface area contributed by atoms with Crippen LogP contribution in [0.4, 0.5) is 0 Å². The SMILES string of the molecule is CC1(C)O[C@@H]2CC3C4CCC5=CC(=O)C=CC5(C)C4C(O)CC3(C)[C@]2(C(=O)CNS(=O)(=O)N2CCCCC2)O1. The minimum Gasteiger partial charge on any atom is -0.393 e. The van der Waals surface area contributed by atoms with Gasteiger partial charge in [-0.05, 0) is 76.4 Å². The number of hydrogen-bond donors (Lipinski definition) is 2. The van der Waals surface area contributed by atoms with Gasteiger partial charge in [0, 0.05) is 29.8 Å². The van der Waals surface area contributed by atoms with Gasteiger partial charge in [-0.1, -0.05) is 31.9 Å². The molecule has 216 valence electrons. The summed E-state index contributed by atoms with van der Waals surface area (Å²) in [4.78, 5) is 26.4. The van der Waals surface area contributed by atoms with E-state index >= 15 is 0 Å². The van der Waals surface area contributed by atoms with Gasteiger partial charge in [0.25, 0.3) is 10.2 Å². The van der Waals surface area contributed by atoms with E-state index in [1.807, 2.05) is 13.0 Å². The number of fused-ring (bicyclic) bond motifs is 7. The van der Waals surface area contributed by atoms with Crippen molar-refractivity contribution in [1.29, 1.82) is 0 Å². The average Bonchev–Trinajstić information content (AvgIpc) is 3.29. The number of Topliss-reactive ketones (excluding diaryl/α,β-unsaturated/α-hetero) is 1. The number of rotatable bonds is 5. The molecule has 2 N–H and O–H groups in total. The van der Waals surface area contributed by atoms with E-state index < -0.39 is 44.6 Å². The summed E-state index contributed by atoms with van der Waals surface area (Å²) in [7, 11) is -3.80. The number of nitrogens with zero attached hydrogens (tertiary/aromatic N) is 1. The number of aliphatic hydroxyl groups is 1. The van der Waals surface area contributed by atoms with Crippen LogP contribution in [0, 0.1) is 28.6 Å². The lowest BCUT2D eigenvalue weighted by atomic mass is 9.46. The molecule has 2 aliphatic heterocycles. The number of aliphatic hydroxyl groups excluding tert-OH is 1. The van der Waals surface area contributed by atoms with Gasteiger partial charge in [0.2, 0.25) is 0 Å². The van der Waals surface area contributed by atoms with E-state index in [2.05, 4.69) is 11.6 Å². The van der Waals surface area contributed by atoms with E-state index in [9.17, 15) is 23.1 Å². The van der Waals surface area contributed by atoms with Gasteiger partial charge in [-0.15, -0.1) is 0 Å². The Hall–Kier alpha value is -1.43. The predicted octanol–water partition coefficient (Wildman–Crippen LogP) is 2.65. The van der Waals surface area contributed by atoms with Crippen LogP contribution in [0.1, 0.15) is 72.6 Å². The zero-order valence-electron chi connectivity index (χ0n) is 23.4. The molecule has 39 heavy (non-hydrogen) atoms. The van der Waals surface area contributed by atoms with Crippen molar-refractivity contribution in [2.75, 3.05) is 19.6 Å². The van der Waals surface area contributed by atoms with E-state index in [4.69, 9.17) is 9.47 Å². The van der Waals surface area contributed by atoms with Crippen molar-refractivity contribution in [3.8, 4) is 0 Å². The molecule has 10 heteroatoms. The van der Waals surface area contributed by atoms with Gasteiger partial charge in [0.1, 0.15) is 0 Å². The number of allylic oxidation sites excluding steroid dienone is 4. The lowest BCUT2D eigenvalue weighted by Crippen LogP contribution is -2.64. The highest BCUT2D eigenvalue weighted by Gasteiger charge is 2.76. The number of piperidine rings is 1. The molecule has 8 atom stereocenters. The molecule has 0 spiro atoms. The maximum atomic E-state index is 14.2. The number of nitrogens with one attached hydrogen (secondary N) is 1. The van der Waals surface area contributed by atoms with Crippen LogP contribution in [0.15, 0.2) is 23.8 Å². The van der Waals surface area contributed by atoms with Gasteiger partial charge < -0.3 is 14.6 Å². The van der Waals surface area contributed by atoms with Crippen molar-refractivity contribution < 1.29 is 32.6 Å². The van der Waals surface area contributed by atoms with Gasteiger partial charge in [-0.2, -0.15) is 17.4 Å². The maximum absolute atomic E-state index is 14.2. The molecule has 6 aliphatic rings. The van der Waals surface area contributed by atoms with Crippen molar-refractivity contribution in [2.24, 2.45) is 28.6 Å². The quantitative estimate of drug-likeness (QED) is 0.528. The molecule has 0 aromatic carbocycles. The van der Waals surface area contributed by atoms with Gasteiger partial charge in [-0.3, -0.25) is 9.59 Å². The van der Waals surface area contributed by atoms with E-state index in [-0.39, 0.29) is 35.9 Å². The highest BCUT2D eigenvalue weighted by molar-refractivity contribution is 7.87. The first-order chi connectivity index (χ1) is 18.2. The van der Waals surface area contributed by atoms with Gasteiger partial charge >= 0.3 is 0 Å². The van der Waals surface area contributed by atoms with E-state index in [0.717, 1.165) is 37.7 Å². The van der Waals surface area contributed by atoms with Crippen molar-refractivity contribution >= 4 is 21.8 Å². The molecule has 0 amide bonds. The molecule has 6 rings (SSSR count). The van der Waals surface area contributed by atoms with Crippen molar-refractivity contribution in [2.45, 2.75) is 96.2 Å². The Labute approximate surface area is 231 Å². The standard InChI is InChI=1S/C29H42N2O7S/c1-26(2)37-24-15-21-20-9-8-18-14-19(32)10-11-27(18,3)25(20)22(33)16-28(21,4)29(24,38-26)23(34)17-30-39(35,36)31-12-6-5-7-13-31/h10-11,14,20-22,24-25,30,33H,5-9,12-13,15-17H2,1-4H3/t20?,21?,22?,24-,25?,27?,28?,29-/m1/s1. The summed E-state index contributed by atoms with van der Waals surface area (Å²) in [5.74, 6) is -1.29. The first-order valence-corrected chi connectivity index (χ1v) is 16.0. The molecule has 2 heterocycles. The Balaban J connectivity index is 1.32. The molecule has 0 aromatic rings. The number of carbonyl (C=O) groups excluding carboxylic acids is 2. The highest BCUT2D eigenvalue weighted by atomic mass is 32.2. The second-order valence-corrected chi connectivity index (χ2v) is 15.3. The third-order valence-corrected chi connectivity index (χ3v) is 12.5. The fourth-order valence-electron chi connectivity index (χ4n) is 9.41. The Morgan fingerprint density at radius 3 is 2.62 bits per heavy atom. The van der Waals surface area contributed by atoms with Crippen LogP contribution in [-0.2, 0) is 29.3 Å². The fourth-order valence-corrected chi connectivity index (χ4v) is 10.6. The number of carbonyl (C=O) groups is 2. The zero-order valence-corrected chi connectivity index (χ0v) is 24.3. The Morgan fingerprint density at radius 2 is 1.90 bits per heavy atom.